The topological polar surface area (TPSA) is 76.7 Å². The summed E-state index contributed by atoms with van der Waals surface area (Å²) in [4.78, 5) is 16.0. The number of carbonyl (C=O) groups excluding carboxylic acids is 1. The summed E-state index contributed by atoms with van der Waals surface area (Å²) in [6.07, 6.45) is 3.77. The van der Waals surface area contributed by atoms with Gasteiger partial charge in [-0.3, -0.25) is 4.79 Å². The number of nitrogens with one attached hydrogen (secondary N) is 1. The second-order valence-electron chi connectivity index (χ2n) is 2.79. The Morgan fingerprint density at radius 2 is 2.36 bits per heavy atom. The molecule has 0 heterocycles. The van der Waals surface area contributed by atoms with Crippen molar-refractivity contribution in [1.82, 2.24) is 5.32 Å². The van der Waals surface area contributed by atoms with Crippen molar-refractivity contribution in [2.24, 2.45) is 10.9 Å². The van der Waals surface area contributed by atoms with Gasteiger partial charge in [0.15, 0.2) is 0 Å². The van der Waals surface area contributed by atoms with Crippen molar-refractivity contribution in [3.63, 3.8) is 0 Å². The maximum absolute atomic E-state index is 11.3. The summed E-state index contributed by atoms with van der Waals surface area (Å²) in [5.74, 6) is -0.185. The summed E-state index contributed by atoms with van der Waals surface area (Å²) >= 11 is 0. The average molecular weight is 195 g/mol. The maximum atomic E-state index is 11.3. The van der Waals surface area contributed by atoms with Crippen LogP contribution in [-0.4, -0.2) is 25.8 Å². The van der Waals surface area contributed by atoms with Crippen LogP contribution >= 0.6 is 0 Å². The van der Waals surface area contributed by atoms with Gasteiger partial charge in [-0.15, -0.1) is 0 Å². The molecule has 0 saturated heterocycles. The zero-order valence-electron chi connectivity index (χ0n) is 8.20. The molecule has 0 fully saturated rings. The molecule has 76 valence electrons. The van der Waals surface area contributed by atoms with Crippen molar-refractivity contribution < 1.29 is 9.63 Å². The third-order valence-corrected chi connectivity index (χ3v) is 1.87. The lowest BCUT2D eigenvalue weighted by atomic mass is 10.0. The Morgan fingerprint density at radius 3 is 2.93 bits per heavy atom. The number of amides is 1. The lowest BCUT2D eigenvalue weighted by Gasteiger charge is -2.12. The van der Waals surface area contributed by atoms with E-state index in [1.807, 2.05) is 0 Å². The molecule has 1 aliphatic carbocycles. The van der Waals surface area contributed by atoms with Crippen LogP contribution in [0.15, 0.2) is 28.6 Å². The highest BCUT2D eigenvalue weighted by molar-refractivity contribution is 6.07. The van der Waals surface area contributed by atoms with Crippen LogP contribution in [0.2, 0.25) is 0 Å². The fourth-order valence-corrected chi connectivity index (χ4v) is 1.17. The van der Waals surface area contributed by atoms with E-state index in [0.29, 0.717) is 23.4 Å². The molecule has 5 heteroatoms. The van der Waals surface area contributed by atoms with E-state index in [4.69, 9.17) is 5.73 Å². The van der Waals surface area contributed by atoms with Crippen LogP contribution in [0.1, 0.15) is 6.42 Å². The molecule has 0 unspecified atom stereocenters. The van der Waals surface area contributed by atoms with E-state index in [-0.39, 0.29) is 5.91 Å². The Bertz CT molecular complexity index is 329. The third kappa shape index (κ3) is 2.12. The molecule has 14 heavy (non-hydrogen) atoms. The Balaban J connectivity index is 2.89. The van der Waals surface area contributed by atoms with Crippen LogP contribution in [0.3, 0.4) is 0 Å². The van der Waals surface area contributed by atoms with Crippen LogP contribution < -0.4 is 11.1 Å². The summed E-state index contributed by atoms with van der Waals surface area (Å²) in [6, 6.07) is 0. The lowest BCUT2D eigenvalue weighted by molar-refractivity contribution is -0.117. The Labute approximate surface area is 82.3 Å². The van der Waals surface area contributed by atoms with Gasteiger partial charge in [0.1, 0.15) is 7.11 Å². The molecule has 0 aromatic heterocycles. The van der Waals surface area contributed by atoms with E-state index < -0.39 is 0 Å². The SMILES string of the molecule is CNC(=O)C1=C(N)C=C/C(=N\OC)C1. The van der Waals surface area contributed by atoms with Gasteiger partial charge in [0, 0.05) is 24.7 Å². The Kier molecular flexibility index (Phi) is 3.28. The van der Waals surface area contributed by atoms with Crippen LogP contribution in [0.25, 0.3) is 0 Å². The minimum absolute atomic E-state index is 0.185. The van der Waals surface area contributed by atoms with Gasteiger partial charge in [-0.25, -0.2) is 0 Å². The molecule has 0 radical (unpaired) electrons. The normalized spacial score (nSPS) is 18.6. The van der Waals surface area contributed by atoms with Gasteiger partial charge in [0.25, 0.3) is 0 Å². The molecule has 0 aliphatic heterocycles. The van der Waals surface area contributed by atoms with Crippen LogP contribution in [0.5, 0.6) is 0 Å². The highest BCUT2D eigenvalue weighted by atomic mass is 16.6. The van der Waals surface area contributed by atoms with Crippen molar-refractivity contribution in [1.29, 1.82) is 0 Å². The van der Waals surface area contributed by atoms with Gasteiger partial charge in [0.2, 0.25) is 5.91 Å². The molecule has 1 amide bonds. The number of hydrogen-bond acceptors (Lipinski definition) is 4. The monoisotopic (exact) mass is 195 g/mol. The van der Waals surface area contributed by atoms with Crippen molar-refractivity contribution in [3.8, 4) is 0 Å². The van der Waals surface area contributed by atoms with Gasteiger partial charge in [-0.1, -0.05) is 5.16 Å². The number of allylic oxidation sites excluding steroid dienone is 2. The van der Waals surface area contributed by atoms with E-state index in [1.54, 1.807) is 19.2 Å². The van der Waals surface area contributed by atoms with E-state index in [0.717, 1.165) is 0 Å². The predicted molar refractivity (Wildman–Crippen MR) is 53.5 cm³/mol. The minimum atomic E-state index is -0.185. The number of carbonyl (C=O) groups is 1. The molecule has 0 spiro atoms. The Hall–Kier alpha value is -1.78. The summed E-state index contributed by atoms with van der Waals surface area (Å²) in [5.41, 5.74) is 7.32. The molecule has 0 aromatic rings. The zero-order valence-corrected chi connectivity index (χ0v) is 8.20. The maximum Gasteiger partial charge on any atom is 0.249 e. The zero-order chi connectivity index (χ0) is 10.6. The standard InChI is InChI=1S/C9H13N3O2/c1-11-9(13)7-5-6(12-14-2)3-4-8(7)10/h3-4H,5,10H2,1-2H3,(H,11,13)/b12-6+. The molecular weight excluding hydrogens is 182 g/mol. The smallest absolute Gasteiger partial charge is 0.249 e. The molecule has 1 aliphatic rings. The van der Waals surface area contributed by atoms with Crippen LogP contribution in [0, 0.1) is 0 Å². The summed E-state index contributed by atoms with van der Waals surface area (Å²) in [6.45, 7) is 0. The molecule has 0 bridgehead atoms. The number of oxime groups is 1. The summed E-state index contributed by atoms with van der Waals surface area (Å²) in [5, 5.41) is 6.27. The molecular formula is C9H13N3O2. The van der Waals surface area contributed by atoms with Crippen molar-refractivity contribution >= 4 is 11.6 Å². The van der Waals surface area contributed by atoms with Gasteiger partial charge >= 0.3 is 0 Å². The molecule has 1 rings (SSSR count). The second kappa shape index (κ2) is 4.45. The number of nitrogens with two attached hydrogens (primary N) is 1. The number of likely N-dealkylation sites (N-methyl/N-ethyl adjacent to an activating group) is 1. The highest BCUT2D eigenvalue weighted by Gasteiger charge is 2.16. The van der Waals surface area contributed by atoms with Crippen molar-refractivity contribution in [2.75, 3.05) is 14.2 Å². The fraction of sp³-hybridized carbons (Fsp3) is 0.333. The van der Waals surface area contributed by atoms with E-state index in [1.165, 1.54) is 7.11 Å². The van der Waals surface area contributed by atoms with Gasteiger partial charge in [-0.05, 0) is 12.2 Å². The number of hydrogen-bond donors (Lipinski definition) is 2. The largest absolute Gasteiger partial charge is 0.399 e. The van der Waals surface area contributed by atoms with E-state index in [9.17, 15) is 4.79 Å². The average Bonchev–Trinajstić information content (AvgIpc) is 2.20. The first-order valence-corrected chi connectivity index (χ1v) is 4.18. The summed E-state index contributed by atoms with van der Waals surface area (Å²) in [7, 11) is 3.02. The Morgan fingerprint density at radius 1 is 1.64 bits per heavy atom. The first-order valence-electron chi connectivity index (χ1n) is 4.18. The van der Waals surface area contributed by atoms with Crippen LogP contribution in [-0.2, 0) is 9.63 Å². The predicted octanol–water partition coefficient (Wildman–Crippen LogP) is -0.0925. The molecule has 3 N–H and O–H groups in total. The van der Waals surface area contributed by atoms with Crippen molar-refractivity contribution in [2.45, 2.75) is 6.42 Å². The first kappa shape index (κ1) is 10.3. The fourth-order valence-electron chi connectivity index (χ4n) is 1.17. The van der Waals surface area contributed by atoms with E-state index in [2.05, 4.69) is 15.3 Å². The molecule has 5 nitrogen and oxygen atoms in total. The van der Waals surface area contributed by atoms with Crippen LogP contribution in [0.4, 0.5) is 0 Å². The molecule has 0 saturated carbocycles. The second-order valence-corrected chi connectivity index (χ2v) is 2.79. The molecule has 0 aromatic carbocycles. The highest BCUT2D eigenvalue weighted by Crippen LogP contribution is 2.14. The van der Waals surface area contributed by atoms with Gasteiger partial charge < -0.3 is 15.9 Å². The van der Waals surface area contributed by atoms with Gasteiger partial charge in [-0.2, -0.15) is 0 Å². The van der Waals surface area contributed by atoms with Crippen molar-refractivity contribution in [3.05, 3.63) is 23.4 Å². The van der Waals surface area contributed by atoms with E-state index >= 15 is 0 Å². The minimum Gasteiger partial charge on any atom is -0.399 e. The third-order valence-electron chi connectivity index (χ3n) is 1.87. The summed E-state index contributed by atoms with van der Waals surface area (Å²) < 4.78 is 0. The lowest BCUT2D eigenvalue weighted by Crippen LogP contribution is -2.25. The molecule has 0 atom stereocenters. The van der Waals surface area contributed by atoms with Gasteiger partial charge in [0.05, 0.1) is 5.71 Å². The number of rotatable bonds is 2. The first-order chi connectivity index (χ1) is 6.69. The number of nitrogens with zero attached hydrogens (tertiary/aromatic N) is 1. The quantitative estimate of drug-likeness (QED) is 0.604.